The number of phenolic OH excluding ortho intramolecular Hbond substituents is 1. The standard InChI is InChI=1S/C17H28N2OS/c1-4-5-14-19(2,3)15-10-12-18(13-11-15)21-17-8-6-16(20)7-9-17/h6-9,15H,4-5,10-14H2,1-3H3/p+1. The summed E-state index contributed by atoms with van der Waals surface area (Å²) in [5, 5.41) is 9.33. The van der Waals surface area contributed by atoms with Gasteiger partial charge >= 0.3 is 0 Å². The Kier molecular flexibility index (Phi) is 5.97. The molecule has 1 fully saturated rings. The minimum atomic E-state index is 0.341. The van der Waals surface area contributed by atoms with Gasteiger partial charge in [-0.3, -0.25) is 0 Å². The molecule has 0 unspecified atom stereocenters. The fraction of sp³-hybridized carbons (Fsp3) is 0.647. The molecular weight excluding hydrogens is 280 g/mol. The maximum absolute atomic E-state index is 9.33. The molecule has 0 radical (unpaired) electrons. The molecule has 0 aromatic heterocycles. The van der Waals surface area contributed by atoms with E-state index in [2.05, 4.69) is 25.3 Å². The lowest BCUT2D eigenvalue weighted by atomic mass is 10.0. The molecule has 1 heterocycles. The topological polar surface area (TPSA) is 23.5 Å². The fourth-order valence-corrected chi connectivity index (χ4v) is 3.99. The Morgan fingerprint density at radius 3 is 2.38 bits per heavy atom. The van der Waals surface area contributed by atoms with Crippen LogP contribution in [-0.4, -0.2) is 53.7 Å². The van der Waals surface area contributed by atoms with Crippen molar-refractivity contribution < 1.29 is 9.59 Å². The lowest BCUT2D eigenvalue weighted by Crippen LogP contribution is -2.53. The molecule has 0 bridgehead atoms. The van der Waals surface area contributed by atoms with Crippen molar-refractivity contribution in [2.75, 3.05) is 33.7 Å². The minimum Gasteiger partial charge on any atom is -0.508 e. The van der Waals surface area contributed by atoms with E-state index in [0.717, 1.165) is 19.1 Å². The van der Waals surface area contributed by atoms with Crippen LogP contribution in [0.3, 0.4) is 0 Å². The zero-order valence-electron chi connectivity index (χ0n) is 13.6. The number of rotatable bonds is 6. The minimum absolute atomic E-state index is 0.341. The van der Waals surface area contributed by atoms with Crippen LogP contribution in [0.25, 0.3) is 0 Å². The molecule has 1 aliphatic heterocycles. The van der Waals surface area contributed by atoms with Crippen molar-refractivity contribution in [1.29, 1.82) is 0 Å². The summed E-state index contributed by atoms with van der Waals surface area (Å²) in [6, 6.07) is 8.31. The number of nitrogens with zero attached hydrogens (tertiary/aromatic N) is 2. The Labute approximate surface area is 133 Å². The molecule has 0 spiro atoms. The van der Waals surface area contributed by atoms with E-state index >= 15 is 0 Å². The summed E-state index contributed by atoms with van der Waals surface area (Å²) >= 11 is 1.82. The fourth-order valence-electron chi connectivity index (χ4n) is 3.04. The zero-order chi connectivity index (χ0) is 15.3. The van der Waals surface area contributed by atoms with Crippen LogP contribution in [0.2, 0.25) is 0 Å². The molecule has 1 aromatic rings. The third kappa shape index (κ3) is 4.90. The van der Waals surface area contributed by atoms with Crippen LogP contribution in [0.15, 0.2) is 29.2 Å². The lowest BCUT2D eigenvalue weighted by Gasteiger charge is -2.42. The molecule has 0 amide bonds. The lowest BCUT2D eigenvalue weighted by molar-refractivity contribution is -0.916. The average molecular weight is 309 g/mol. The second-order valence-electron chi connectivity index (χ2n) is 6.60. The van der Waals surface area contributed by atoms with Crippen LogP contribution in [-0.2, 0) is 0 Å². The van der Waals surface area contributed by atoms with Gasteiger partial charge in [-0.25, -0.2) is 4.31 Å². The van der Waals surface area contributed by atoms with Gasteiger partial charge in [-0.05, 0) is 42.6 Å². The number of hydrogen-bond donors (Lipinski definition) is 1. The van der Waals surface area contributed by atoms with Crippen molar-refractivity contribution in [1.82, 2.24) is 4.31 Å². The van der Waals surface area contributed by atoms with Gasteiger partial charge < -0.3 is 9.59 Å². The SMILES string of the molecule is CCCC[N+](C)(C)C1CCN(Sc2ccc(O)cc2)CC1. The number of phenols is 1. The van der Waals surface area contributed by atoms with Crippen LogP contribution in [0.1, 0.15) is 32.6 Å². The molecule has 1 N–H and O–H groups in total. The second kappa shape index (κ2) is 7.52. The highest BCUT2D eigenvalue weighted by Gasteiger charge is 2.31. The quantitative estimate of drug-likeness (QED) is 0.639. The van der Waals surface area contributed by atoms with E-state index in [1.807, 2.05) is 24.1 Å². The number of benzene rings is 1. The normalized spacial score (nSPS) is 18.0. The summed E-state index contributed by atoms with van der Waals surface area (Å²) < 4.78 is 3.63. The van der Waals surface area contributed by atoms with Gasteiger partial charge in [0.1, 0.15) is 5.75 Å². The summed E-state index contributed by atoms with van der Waals surface area (Å²) in [6.45, 7) is 5.89. The largest absolute Gasteiger partial charge is 0.508 e. The van der Waals surface area contributed by atoms with Crippen molar-refractivity contribution in [3.05, 3.63) is 24.3 Å². The number of aromatic hydroxyl groups is 1. The number of hydrogen-bond acceptors (Lipinski definition) is 3. The molecule has 1 aromatic carbocycles. The van der Waals surface area contributed by atoms with Gasteiger partial charge in [-0.15, -0.1) is 0 Å². The highest BCUT2D eigenvalue weighted by Crippen LogP contribution is 2.30. The van der Waals surface area contributed by atoms with Crippen molar-refractivity contribution >= 4 is 11.9 Å². The maximum Gasteiger partial charge on any atom is 0.115 e. The van der Waals surface area contributed by atoms with Gasteiger partial charge in [0.15, 0.2) is 0 Å². The molecule has 3 nitrogen and oxygen atoms in total. The van der Waals surface area contributed by atoms with E-state index in [9.17, 15) is 5.11 Å². The van der Waals surface area contributed by atoms with Crippen molar-refractivity contribution in [3.63, 3.8) is 0 Å². The molecule has 21 heavy (non-hydrogen) atoms. The van der Waals surface area contributed by atoms with Crippen molar-refractivity contribution in [3.8, 4) is 5.75 Å². The summed E-state index contributed by atoms with van der Waals surface area (Å²) in [7, 11) is 4.78. The van der Waals surface area contributed by atoms with Crippen LogP contribution in [0.4, 0.5) is 0 Å². The summed E-state index contributed by atoms with van der Waals surface area (Å²) in [4.78, 5) is 1.21. The van der Waals surface area contributed by atoms with Crippen LogP contribution in [0.5, 0.6) is 5.75 Å². The van der Waals surface area contributed by atoms with Crippen LogP contribution < -0.4 is 0 Å². The average Bonchev–Trinajstić information content (AvgIpc) is 2.48. The predicted octanol–water partition coefficient (Wildman–Crippen LogP) is 3.74. The van der Waals surface area contributed by atoms with Gasteiger partial charge in [0, 0.05) is 30.8 Å². The Bertz CT molecular complexity index is 425. The van der Waals surface area contributed by atoms with E-state index in [-0.39, 0.29) is 0 Å². The van der Waals surface area contributed by atoms with Gasteiger partial charge in [-0.2, -0.15) is 0 Å². The first kappa shape index (κ1) is 16.7. The number of piperidine rings is 1. The molecule has 4 heteroatoms. The predicted molar refractivity (Wildman–Crippen MR) is 90.4 cm³/mol. The number of unbranched alkanes of at least 4 members (excludes halogenated alkanes) is 1. The molecule has 2 rings (SSSR count). The second-order valence-corrected chi connectivity index (χ2v) is 7.77. The Morgan fingerprint density at radius 2 is 1.81 bits per heavy atom. The first-order chi connectivity index (χ1) is 10.0. The van der Waals surface area contributed by atoms with E-state index in [1.165, 1.54) is 41.6 Å². The molecule has 118 valence electrons. The molecular formula is C17H29N2OS+. The maximum atomic E-state index is 9.33. The zero-order valence-corrected chi connectivity index (χ0v) is 14.4. The summed E-state index contributed by atoms with van der Waals surface area (Å²) in [5.41, 5.74) is 0. The molecule has 1 aliphatic rings. The van der Waals surface area contributed by atoms with Gasteiger partial charge in [-0.1, -0.05) is 13.3 Å². The monoisotopic (exact) mass is 309 g/mol. The van der Waals surface area contributed by atoms with E-state index in [1.54, 1.807) is 12.1 Å². The van der Waals surface area contributed by atoms with Crippen LogP contribution in [0, 0.1) is 0 Å². The summed E-state index contributed by atoms with van der Waals surface area (Å²) in [6.07, 6.45) is 5.18. The molecule has 0 saturated carbocycles. The smallest absolute Gasteiger partial charge is 0.115 e. The first-order valence-corrected chi connectivity index (χ1v) is 8.83. The van der Waals surface area contributed by atoms with Gasteiger partial charge in [0.2, 0.25) is 0 Å². The Balaban J connectivity index is 1.81. The van der Waals surface area contributed by atoms with Gasteiger partial charge in [0.05, 0.1) is 26.7 Å². The van der Waals surface area contributed by atoms with E-state index < -0.39 is 0 Å². The highest BCUT2D eigenvalue weighted by molar-refractivity contribution is 7.97. The van der Waals surface area contributed by atoms with Crippen molar-refractivity contribution in [2.24, 2.45) is 0 Å². The Hall–Kier alpha value is -0.710. The first-order valence-electron chi connectivity index (χ1n) is 8.06. The number of quaternary nitrogens is 1. The summed E-state index contributed by atoms with van der Waals surface area (Å²) in [5.74, 6) is 0.341. The molecule has 1 saturated heterocycles. The molecule has 0 aliphatic carbocycles. The van der Waals surface area contributed by atoms with E-state index in [0.29, 0.717) is 5.75 Å². The third-order valence-electron chi connectivity index (χ3n) is 4.57. The van der Waals surface area contributed by atoms with Gasteiger partial charge in [0.25, 0.3) is 0 Å². The Morgan fingerprint density at radius 1 is 1.19 bits per heavy atom. The van der Waals surface area contributed by atoms with E-state index in [4.69, 9.17) is 0 Å². The van der Waals surface area contributed by atoms with Crippen molar-refractivity contribution in [2.45, 2.75) is 43.5 Å². The van der Waals surface area contributed by atoms with Crippen LogP contribution >= 0.6 is 11.9 Å². The highest BCUT2D eigenvalue weighted by atomic mass is 32.2. The molecule has 0 atom stereocenters. The third-order valence-corrected chi connectivity index (χ3v) is 5.68.